The van der Waals surface area contributed by atoms with Gasteiger partial charge in [-0.15, -0.1) is 0 Å². The lowest BCUT2D eigenvalue weighted by molar-refractivity contribution is 0.0688. The van der Waals surface area contributed by atoms with Crippen LogP contribution in [0.25, 0.3) is 16.9 Å². The standard InChI is InChI=1S/C22H21ClFN3O/c1-15-9-11-26(12-10-15)22(28)21-14-20(16-5-7-18(24)8-6-16)25-27(21)19-4-2-3-17(23)13-19/h2-8,13-15H,9-12H2,1H3. The number of carbonyl (C=O) groups excluding carboxylic acids is 1. The Morgan fingerprint density at radius 1 is 1.11 bits per heavy atom. The number of nitrogens with zero attached hydrogens (tertiary/aromatic N) is 3. The molecule has 6 heteroatoms. The van der Waals surface area contributed by atoms with Gasteiger partial charge in [-0.25, -0.2) is 9.07 Å². The summed E-state index contributed by atoms with van der Waals surface area (Å²) in [6.45, 7) is 3.70. The number of likely N-dealkylation sites (tertiary alicyclic amines) is 1. The van der Waals surface area contributed by atoms with Crippen molar-refractivity contribution in [1.82, 2.24) is 14.7 Å². The highest BCUT2D eigenvalue weighted by Gasteiger charge is 2.26. The first-order valence-corrected chi connectivity index (χ1v) is 9.80. The maximum atomic E-state index is 13.3. The van der Waals surface area contributed by atoms with E-state index >= 15 is 0 Å². The molecule has 1 amide bonds. The van der Waals surface area contributed by atoms with Crippen LogP contribution in [0.5, 0.6) is 0 Å². The molecule has 1 aromatic heterocycles. The molecule has 2 heterocycles. The van der Waals surface area contributed by atoms with Crippen molar-refractivity contribution in [3.05, 3.63) is 71.1 Å². The summed E-state index contributed by atoms with van der Waals surface area (Å²) in [4.78, 5) is 15.1. The number of hydrogen-bond donors (Lipinski definition) is 0. The topological polar surface area (TPSA) is 38.1 Å². The van der Waals surface area contributed by atoms with Crippen LogP contribution in [0.4, 0.5) is 4.39 Å². The maximum Gasteiger partial charge on any atom is 0.272 e. The first-order valence-electron chi connectivity index (χ1n) is 9.42. The zero-order chi connectivity index (χ0) is 19.7. The van der Waals surface area contributed by atoms with Crippen LogP contribution >= 0.6 is 11.6 Å². The molecule has 0 N–H and O–H groups in total. The summed E-state index contributed by atoms with van der Waals surface area (Å²) in [6, 6.07) is 15.1. The number of halogens is 2. The number of piperidine rings is 1. The van der Waals surface area contributed by atoms with E-state index in [9.17, 15) is 9.18 Å². The number of benzene rings is 2. The molecule has 0 spiro atoms. The van der Waals surface area contributed by atoms with Gasteiger partial charge in [0.1, 0.15) is 11.5 Å². The van der Waals surface area contributed by atoms with E-state index in [0.717, 1.165) is 37.2 Å². The molecule has 0 atom stereocenters. The van der Waals surface area contributed by atoms with Crippen LogP contribution in [-0.2, 0) is 0 Å². The third-order valence-electron chi connectivity index (χ3n) is 5.19. The molecule has 4 nitrogen and oxygen atoms in total. The van der Waals surface area contributed by atoms with Crippen LogP contribution in [-0.4, -0.2) is 33.7 Å². The molecule has 0 unspecified atom stereocenters. The first kappa shape index (κ1) is 18.7. The van der Waals surface area contributed by atoms with E-state index in [4.69, 9.17) is 11.6 Å². The van der Waals surface area contributed by atoms with E-state index in [2.05, 4.69) is 12.0 Å². The Morgan fingerprint density at radius 3 is 2.50 bits per heavy atom. The summed E-state index contributed by atoms with van der Waals surface area (Å²) >= 11 is 6.15. The number of carbonyl (C=O) groups is 1. The third-order valence-corrected chi connectivity index (χ3v) is 5.43. The molecule has 0 saturated carbocycles. The van der Waals surface area contributed by atoms with E-state index in [1.807, 2.05) is 17.0 Å². The van der Waals surface area contributed by atoms with Crippen LogP contribution in [0, 0.1) is 11.7 Å². The Balaban J connectivity index is 1.76. The molecule has 1 fully saturated rings. The minimum atomic E-state index is -0.309. The minimum Gasteiger partial charge on any atom is -0.337 e. The second-order valence-electron chi connectivity index (χ2n) is 7.29. The average molecular weight is 398 g/mol. The molecular formula is C22H21ClFN3O. The van der Waals surface area contributed by atoms with Crippen LogP contribution < -0.4 is 0 Å². The van der Waals surface area contributed by atoms with Gasteiger partial charge in [-0.3, -0.25) is 4.79 Å². The molecule has 0 bridgehead atoms. The smallest absolute Gasteiger partial charge is 0.272 e. The number of rotatable bonds is 3. The van der Waals surface area contributed by atoms with Crippen LogP contribution in [0.3, 0.4) is 0 Å². The summed E-state index contributed by atoms with van der Waals surface area (Å²) in [5.41, 5.74) is 2.57. The van der Waals surface area contributed by atoms with Crippen molar-refractivity contribution >= 4 is 17.5 Å². The van der Waals surface area contributed by atoms with Crippen molar-refractivity contribution < 1.29 is 9.18 Å². The highest BCUT2D eigenvalue weighted by molar-refractivity contribution is 6.30. The van der Waals surface area contributed by atoms with E-state index in [0.29, 0.717) is 22.3 Å². The SMILES string of the molecule is CC1CCN(C(=O)c2cc(-c3ccc(F)cc3)nn2-c2cccc(Cl)c2)CC1. The quantitative estimate of drug-likeness (QED) is 0.609. The van der Waals surface area contributed by atoms with Gasteiger partial charge in [-0.05, 0) is 67.3 Å². The Labute approximate surface area is 168 Å². The lowest BCUT2D eigenvalue weighted by Gasteiger charge is -2.30. The van der Waals surface area contributed by atoms with Gasteiger partial charge in [0.2, 0.25) is 0 Å². The first-order chi connectivity index (χ1) is 13.5. The molecule has 4 rings (SSSR count). The lowest BCUT2D eigenvalue weighted by Crippen LogP contribution is -2.38. The van der Waals surface area contributed by atoms with Crippen molar-refractivity contribution in [2.24, 2.45) is 5.92 Å². The molecule has 0 radical (unpaired) electrons. The fourth-order valence-corrected chi connectivity index (χ4v) is 3.66. The Hall–Kier alpha value is -2.66. The monoisotopic (exact) mass is 397 g/mol. The van der Waals surface area contributed by atoms with Crippen LogP contribution in [0.1, 0.15) is 30.3 Å². The second-order valence-corrected chi connectivity index (χ2v) is 7.72. The Kier molecular flexibility index (Phi) is 5.18. The van der Waals surface area contributed by atoms with Gasteiger partial charge in [0.05, 0.1) is 11.4 Å². The Morgan fingerprint density at radius 2 is 1.82 bits per heavy atom. The minimum absolute atomic E-state index is 0.0484. The molecule has 1 aliphatic heterocycles. The third kappa shape index (κ3) is 3.80. The van der Waals surface area contributed by atoms with Gasteiger partial charge in [0.25, 0.3) is 5.91 Å². The molecule has 2 aromatic carbocycles. The van der Waals surface area contributed by atoms with Gasteiger partial charge in [0, 0.05) is 23.7 Å². The Bertz CT molecular complexity index is 991. The molecule has 0 aliphatic carbocycles. The summed E-state index contributed by atoms with van der Waals surface area (Å²) < 4.78 is 14.9. The van der Waals surface area contributed by atoms with Crippen molar-refractivity contribution in [3.8, 4) is 16.9 Å². The summed E-state index contributed by atoms with van der Waals surface area (Å²) in [7, 11) is 0. The highest BCUT2D eigenvalue weighted by Crippen LogP contribution is 2.26. The van der Waals surface area contributed by atoms with Gasteiger partial charge in [-0.2, -0.15) is 5.10 Å². The van der Waals surface area contributed by atoms with E-state index in [1.165, 1.54) is 12.1 Å². The van der Waals surface area contributed by atoms with Gasteiger partial charge in [-0.1, -0.05) is 24.6 Å². The summed E-state index contributed by atoms with van der Waals surface area (Å²) in [5, 5.41) is 5.21. The van der Waals surface area contributed by atoms with E-state index < -0.39 is 0 Å². The van der Waals surface area contributed by atoms with Gasteiger partial charge in [0.15, 0.2) is 0 Å². The van der Waals surface area contributed by atoms with Crippen molar-refractivity contribution in [3.63, 3.8) is 0 Å². The molecular weight excluding hydrogens is 377 g/mol. The predicted octanol–water partition coefficient (Wildman–Crippen LogP) is 5.20. The predicted molar refractivity (Wildman–Crippen MR) is 108 cm³/mol. The van der Waals surface area contributed by atoms with Crippen molar-refractivity contribution in [2.45, 2.75) is 19.8 Å². The number of aromatic nitrogens is 2. The number of hydrogen-bond acceptors (Lipinski definition) is 2. The zero-order valence-corrected chi connectivity index (χ0v) is 16.4. The second kappa shape index (κ2) is 7.76. The zero-order valence-electron chi connectivity index (χ0n) is 15.6. The molecule has 144 valence electrons. The average Bonchev–Trinajstić information content (AvgIpc) is 3.14. The molecule has 1 aliphatic rings. The lowest BCUT2D eigenvalue weighted by atomic mass is 9.99. The van der Waals surface area contributed by atoms with Gasteiger partial charge >= 0.3 is 0 Å². The van der Waals surface area contributed by atoms with Crippen LogP contribution in [0.2, 0.25) is 5.02 Å². The van der Waals surface area contributed by atoms with Gasteiger partial charge < -0.3 is 4.90 Å². The number of amides is 1. The summed E-state index contributed by atoms with van der Waals surface area (Å²) in [6.07, 6.45) is 2.00. The molecule has 1 saturated heterocycles. The van der Waals surface area contributed by atoms with Crippen molar-refractivity contribution in [1.29, 1.82) is 0 Å². The maximum absolute atomic E-state index is 13.3. The highest BCUT2D eigenvalue weighted by atomic mass is 35.5. The van der Waals surface area contributed by atoms with E-state index in [-0.39, 0.29) is 11.7 Å². The summed E-state index contributed by atoms with van der Waals surface area (Å²) in [5.74, 6) is 0.279. The molecule has 28 heavy (non-hydrogen) atoms. The van der Waals surface area contributed by atoms with Crippen molar-refractivity contribution in [2.75, 3.05) is 13.1 Å². The fourth-order valence-electron chi connectivity index (χ4n) is 3.47. The molecule has 3 aromatic rings. The fraction of sp³-hybridized carbons (Fsp3) is 0.273. The largest absolute Gasteiger partial charge is 0.337 e. The van der Waals surface area contributed by atoms with Crippen LogP contribution in [0.15, 0.2) is 54.6 Å². The normalized spacial score (nSPS) is 15.0. The van der Waals surface area contributed by atoms with E-state index in [1.54, 1.807) is 35.0 Å².